The number of amides is 1. The maximum atomic E-state index is 13.1. The molecule has 2 aromatic heterocycles. The van der Waals surface area contributed by atoms with Gasteiger partial charge in [-0.2, -0.15) is 0 Å². The second-order valence-corrected chi connectivity index (χ2v) is 6.91. The van der Waals surface area contributed by atoms with Gasteiger partial charge < -0.3 is 4.90 Å². The predicted molar refractivity (Wildman–Crippen MR) is 100 cm³/mol. The first-order chi connectivity index (χ1) is 12.6. The Bertz CT molecular complexity index is 1050. The van der Waals surface area contributed by atoms with Crippen LogP contribution in [0.4, 0.5) is 0 Å². The van der Waals surface area contributed by atoms with E-state index in [1.54, 1.807) is 18.3 Å². The first-order valence-electron chi connectivity index (χ1n) is 8.91. The van der Waals surface area contributed by atoms with Crippen molar-refractivity contribution in [2.75, 3.05) is 6.54 Å². The van der Waals surface area contributed by atoms with Gasteiger partial charge in [-0.25, -0.2) is 4.98 Å². The molecule has 1 saturated heterocycles. The van der Waals surface area contributed by atoms with Crippen LogP contribution in [0.25, 0.3) is 5.65 Å². The molecule has 4 rings (SSSR count). The first kappa shape index (κ1) is 16.5. The third-order valence-corrected chi connectivity index (χ3v) is 5.27. The summed E-state index contributed by atoms with van der Waals surface area (Å²) in [5.74, 6) is -0.235. The lowest BCUT2D eigenvalue weighted by atomic mass is 9.99. The minimum absolute atomic E-state index is 0.0117. The standard InChI is InChI=1S/C21H21N3O2/c1-14-8-9-16(12-15(14)2)18-6-5-11-23(18)20(25)17-13-22-19-7-3-4-10-24(19)21(17)26/h3-4,7-10,12-13,18H,5-6,11H2,1-2H3. The Kier molecular flexibility index (Phi) is 4.07. The summed E-state index contributed by atoms with van der Waals surface area (Å²) >= 11 is 0. The third kappa shape index (κ3) is 2.69. The Balaban J connectivity index is 1.72. The highest BCUT2D eigenvalue weighted by molar-refractivity contribution is 5.94. The van der Waals surface area contributed by atoms with Gasteiger partial charge >= 0.3 is 0 Å². The van der Waals surface area contributed by atoms with Gasteiger partial charge in [-0.05, 0) is 55.5 Å². The molecule has 0 aliphatic carbocycles. The molecular weight excluding hydrogens is 326 g/mol. The van der Waals surface area contributed by atoms with Crippen molar-refractivity contribution in [2.24, 2.45) is 0 Å². The lowest BCUT2D eigenvalue weighted by Crippen LogP contribution is -2.35. The van der Waals surface area contributed by atoms with Gasteiger partial charge in [0, 0.05) is 18.9 Å². The molecule has 0 bridgehead atoms. The van der Waals surface area contributed by atoms with Gasteiger partial charge in [-0.1, -0.05) is 24.3 Å². The zero-order chi connectivity index (χ0) is 18.3. The molecule has 1 fully saturated rings. The number of hydrogen-bond acceptors (Lipinski definition) is 3. The van der Waals surface area contributed by atoms with Crippen LogP contribution in [0, 0.1) is 13.8 Å². The highest BCUT2D eigenvalue weighted by atomic mass is 16.2. The molecule has 1 atom stereocenters. The van der Waals surface area contributed by atoms with Crippen LogP contribution in [-0.4, -0.2) is 26.7 Å². The van der Waals surface area contributed by atoms with Crippen molar-refractivity contribution >= 4 is 11.6 Å². The van der Waals surface area contributed by atoms with Crippen LogP contribution in [0.2, 0.25) is 0 Å². The van der Waals surface area contributed by atoms with Gasteiger partial charge in [0.05, 0.1) is 6.04 Å². The maximum absolute atomic E-state index is 13.1. The van der Waals surface area contributed by atoms with E-state index < -0.39 is 0 Å². The molecule has 0 spiro atoms. The van der Waals surface area contributed by atoms with Crippen LogP contribution < -0.4 is 5.56 Å². The first-order valence-corrected chi connectivity index (χ1v) is 8.91. The second kappa shape index (κ2) is 6.41. The zero-order valence-corrected chi connectivity index (χ0v) is 15.0. The number of likely N-dealkylation sites (tertiary alicyclic amines) is 1. The van der Waals surface area contributed by atoms with Crippen LogP contribution in [-0.2, 0) is 0 Å². The van der Waals surface area contributed by atoms with Gasteiger partial charge in [0.1, 0.15) is 11.2 Å². The summed E-state index contributed by atoms with van der Waals surface area (Å²) in [6.45, 7) is 4.82. The van der Waals surface area contributed by atoms with E-state index in [0.717, 1.165) is 18.4 Å². The topological polar surface area (TPSA) is 54.7 Å². The molecule has 0 radical (unpaired) electrons. The molecular formula is C21H21N3O2. The molecule has 1 amide bonds. The van der Waals surface area contributed by atoms with Crippen molar-refractivity contribution < 1.29 is 4.79 Å². The van der Waals surface area contributed by atoms with E-state index in [0.29, 0.717) is 12.2 Å². The Morgan fingerprint density at radius 2 is 2.00 bits per heavy atom. The van der Waals surface area contributed by atoms with Crippen molar-refractivity contribution in [1.82, 2.24) is 14.3 Å². The Labute approximate surface area is 151 Å². The molecule has 5 heteroatoms. The average Bonchev–Trinajstić information content (AvgIpc) is 3.14. The molecule has 3 aromatic rings. The Morgan fingerprint density at radius 3 is 2.81 bits per heavy atom. The van der Waals surface area contributed by atoms with Crippen LogP contribution >= 0.6 is 0 Å². The number of nitrogens with zero attached hydrogens (tertiary/aromatic N) is 3. The number of fused-ring (bicyclic) bond motifs is 1. The number of carbonyl (C=O) groups excluding carboxylic acids is 1. The van der Waals surface area contributed by atoms with Gasteiger partial charge in [0.2, 0.25) is 0 Å². The molecule has 132 valence electrons. The van der Waals surface area contributed by atoms with Crippen molar-refractivity contribution in [2.45, 2.75) is 32.7 Å². The quantitative estimate of drug-likeness (QED) is 0.715. The third-order valence-electron chi connectivity index (χ3n) is 5.27. The van der Waals surface area contributed by atoms with E-state index in [4.69, 9.17) is 0 Å². The summed E-state index contributed by atoms with van der Waals surface area (Å²) in [6.07, 6.45) is 4.91. The van der Waals surface area contributed by atoms with E-state index in [9.17, 15) is 9.59 Å². The lowest BCUT2D eigenvalue weighted by molar-refractivity contribution is 0.0733. The number of benzene rings is 1. The number of pyridine rings is 1. The summed E-state index contributed by atoms with van der Waals surface area (Å²) in [5, 5.41) is 0. The number of rotatable bonds is 2. The Morgan fingerprint density at radius 1 is 1.15 bits per heavy atom. The van der Waals surface area contributed by atoms with Gasteiger partial charge in [0.25, 0.3) is 11.5 Å². The molecule has 3 heterocycles. The maximum Gasteiger partial charge on any atom is 0.270 e. The summed E-state index contributed by atoms with van der Waals surface area (Å²) in [7, 11) is 0. The molecule has 1 aliphatic heterocycles. The second-order valence-electron chi connectivity index (χ2n) is 6.91. The van der Waals surface area contributed by atoms with Crippen molar-refractivity contribution in [3.8, 4) is 0 Å². The van der Waals surface area contributed by atoms with Gasteiger partial charge in [-0.15, -0.1) is 0 Å². The smallest absolute Gasteiger partial charge is 0.270 e. The lowest BCUT2D eigenvalue weighted by Gasteiger charge is -2.25. The summed E-state index contributed by atoms with van der Waals surface area (Å²) < 4.78 is 1.42. The van der Waals surface area contributed by atoms with Crippen molar-refractivity contribution in [3.63, 3.8) is 0 Å². The summed E-state index contributed by atoms with van der Waals surface area (Å²) in [4.78, 5) is 32.0. The predicted octanol–water partition coefficient (Wildman–Crippen LogP) is 3.29. The van der Waals surface area contributed by atoms with Crippen molar-refractivity contribution in [1.29, 1.82) is 0 Å². The molecule has 1 aliphatic rings. The fraction of sp³-hybridized carbons (Fsp3) is 0.286. The molecule has 5 nitrogen and oxygen atoms in total. The SMILES string of the molecule is Cc1ccc(C2CCCN2C(=O)c2cnc3ccccn3c2=O)cc1C. The van der Waals surface area contributed by atoms with E-state index in [2.05, 4.69) is 37.0 Å². The minimum atomic E-state index is -0.314. The van der Waals surface area contributed by atoms with E-state index >= 15 is 0 Å². The van der Waals surface area contributed by atoms with Crippen LogP contribution in [0.15, 0.2) is 53.6 Å². The van der Waals surface area contributed by atoms with Gasteiger partial charge in [-0.3, -0.25) is 14.0 Å². The molecule has 0 saturated carbocycles. The number of aromatic nitrogens is 2. The molecule has 1 aromatic carbocycles. The average molecular weight is 347 g/mol. The fourth-order valence-corrected chi connectivity index (χ4v) is 3.66. The summed E-state index contributed by atoms with van der Waals surface area (Å²) in [6, 6.07) is 11.7. The molecule has 26 heavy (non-hydrogen) atoms. The molecule has 1 unspecified atom stereocenters. The number of aryl methyl sites for hydroxylation is 2. The highest BCUT2D eigenvalue weighted by Gasteiger charge is 2.32. The summed E-state index contributed by atoms with van der Waals surface area (Å²) in [5.41, 5.74) is 3.94. The number of hydrogen-bond donors (Lipinski definition) is 0. The fourth-order valence-electron chi connectivity index (χ4n) is 3.66. The Hall–Kier alpha value is -2.95. The monoisotopic (exact) mass is 347 g/mol. The van der Waals surface area contributed by atoms with E-state index in [1.807, 2.05) is 11.0 Å². The minimum Gasteiger partial charge on any atom is -0.331 e. The largest absolute Gasteiger partial charge is 0.331 e. The van der Waals surface area contributed by atoms with Crippen molar-refractivity contribution in [3.05, 3.63) is 81.4 Å². The number of carbonyl (C=O) groups is 1. The normalized spacial score (nSPS) is 17.0. The van der Waals surface area contributed by atoms with E-state index in [1.165, 1.54) is 21.7 Å². The molecule has 0 N–H and O–H groups in total. The zero-order valence-electron chi connectivity index (χ0n) is 15.0. The highest BCUT2D eigenvalue weighted by Crippen LogP contribution is 2.33. The van der Waals surface area contributed by atoms with Crippen LogP contribution in [0.3, 0.4) is 0 Å². The van der Waals surface area contributed by atoms with Gasteiger partial charge in [0.15, 0.2) is 0 Å². The van der Waals surface area contributed by atoms with Crippen LogP contribution in [0.1, 0.15) is 45.9 Å². The van der Waals surface area contributed by atoms with E-state index in [-0.39, 0.29) is 23.1 Å². The van der Waals surface area contributed by atoms with Crippen LogP contribution in [0.5, 0.6) is 0 Å².